The molecule has 2 heteroatoms. The summed E-state index contributed by atoms with van der Waals surface area (Å²) in [4.78, 5) is 0. The maximum absolute atomic E-state index is 8.79. The minimum absolute atomic E-state index is 0.221. The third kappa shape index (κ3) is 4.85. The Hall–Kier alpha value is -2.35. The van der Waals surface area contributed by atoms with Crippen molar-refractivity contribution in [1.82, 2.24) is 0 Å². The number of hydrogen-bond donors (Lipinski definition) is 1. The summed E-state index contributed by atoms with van der Waals surface area (Å²) in [6.45, 7) is 0.221. The fraction of sp³-hybridized carbons (Fsp3) is 0.167. The molecule has 0 aromatic heterocycles. The zero-order valence-corrected chi connectivity index (χ0v) is 15.5. The molecule has 0 unspecified atom stereocenters. The molecular formula is C24H23ClO. The lowest BCUT2D eigenvalue weighted by atomic mass is 10.1. The van der Waals surface area contributed by atoms with Gasteiger partial charge in [0.2, 0.25) is 0 Å². The Kier molecular flexibility index (Phi) is 6.65. The number of alkyl halides is 1. The van der Waals surface area contributed by atoms with Crippen LogP contribution in [0.5, 0.6) is 0 Å². The third-order valence-electron chi connectivity index (χ3n) is 4.41. The average molecular weight is 363 g/mol. The molecule has 0 bridgehead atoms. The van der Waals surface area contributed by atoms with Crippen LogP contribution in [0.15, 0.2) is 84.9 Å². The van der Waals surface area contributed by atoms with Crippen LogP contribution < -0.4 is 0 Å². The first-order valence-corrected chi connectivity index (χ1v) is 9.46. The van der Waals surface area contributed by atoms with Gasteiger partial charge in [-0.1, -0.05) is 84.9 Å². The molecule has 4 aromatic rings. The fourth-order valence-corrected chi connectivity index (χ4v) is 3.25. The summed E-state index contributed by atoms with van der Waals surface area (Å²) in [5.74, 6) is 0.693. The number of benzene rings is 4. The first-order chi connectivity index (χ1) is 12.8. The molecule has 0 aliphatic heterocycles. The molecule has 0 heterocycles. The van der Waals surface area contributed by atoms with E-state index in [1.807, 2.05) is 12.1 Å². The van der Waals surface area contributed by atoms with Gasteiger partial charge in [0, 0.05) is 12.5 Å². The van der Waals surface area contributed by atoms with Gasteiger partial charge in [0.15, 0.2) is 0 Å². The van der Waals surface area contributed by atoms with Gasteiger partial charge in [-0.15, -0.1) is 11.6 Å². The van der Waals surface area contributed by atoms with E-state index in [1.165, 1.54) is 32.7 Å². The topological polar surface area (TPSA) is 20.2 Å². The van der Waals surface area contributed by atoms with Crippen molar-refractivity contribution in [3.05, 3.63) is 96.1 Å². The molecule has 0 fully saturated rings. The van der Waals surface area contributed by atoms with E-state index in [0.29, 0.717) is 5.88 Å². The van der Waals surface area contributed by atoms with Crippen LogP contribution in [0.1, 0.15) is 11.1 Å². The van der Waals surface area contributed by atoms with Crippen molar-refractivity contribution in [3.8, 4) is 0 Å². The third-order valence-corrected chi connectivity index (χ3v) is 4.60. The van der Waals surface area contributed by atoms with Crippen LogP contribution in [0.25, 0.3) is 21.5 Å². The number of rotatable bonds is 4. The quantitative estimate of drug-likeness (QED) is 0.442. The Labute approximate surface area is 159 Å². The molecular weight excluding hydrogens is 340 g/mol. The minimum Gasteiger partial charge on any atom is -0.396 e. The van der Waals surface area contributed by atoms with E-state index >= 15 is 0 Å². The standard InChI is InChI=1S/C12H11Cl.C12H12O/c2*13-8-7-10-5-6-11-3-1-2-4-12(11)9-10/h1-6,9H,7-8H2;1-6,9,13H,7-8H2. The highest BCUT2D eigenvalue weighted by molar-refractivity contribution is 6.18. The van der Waals surface area contributed by atoms with Crippen LogP contribution in [0.3, 0.4) is 0 Å². The summed E-state index contributed by atoms with van der Waals surface area (Å²) in [6, 6.07) is 29.4. The molecule has 0 radical (unpaired) electrons. The summed E-state index contributed by atoms with van der Waals surface area (Å²) in [6.07, 6.45) is 1.69. The van der Waals surface area contributed by atoms with E-state index in [9.17, 15) is 0 Å². The number of fused-ring (bicyclic) bond motifs is 2. The summed E-state index contributed by atoms with van der Waals surface area (Å²) >= 11 is 5.69. The van der Waals surface area contributed by atoms with Gasteiger partial charge in [0.1, 0.15) is 0 Å². The Morgan fingerprint density at radius 2 is 1.04 bits per heavy atom. The molecule has 1 nitrogen and oxygen atoms in total. The molecule has 0 spiro atoms. The van der Waals surface area contributed by atoms with Crippen molar-refractivity contribution in [2.24, 2.45) is 0 Å². The highest BCUT2D eigenvalue weighted by Crippen LogP contribution is 2.16. The van der Waals surface area contributed by atoms with E-state index in [0.717, 1.165) is 12.8 Å². The summed E-state index contributed by atoms with van der Waals surface area (Å²) in [5.41, 5.74) is 2.51. The van der Waals surface area contributed by atoms with Gasteiger partial charge in [-0.25, -0.2) is 0 Å². The van der Waals surface area contributed by atoms with Gasteiger partial charge in [-0.05, 0) is 45.5 Å². The largest absolute Gasteiger partial charge is 0.396 e. The van der Waals surface area contributed by atoms with Crippen LogP contribution in [0.4, 0.5) is 0 Å². The molecule has 0 amide bonds. The molecule has 4 aromatic carbocycles. The zero-order chi connectivity index (χ0) is 18.2. The first kappa shape index (κ1) is 18.4. The number of aryl methyl sites for hydroxylation is 1. The Bertz CT molecular complexity index is 896. The normalized spacial score (nSPS) is 10.5. The second kappa shape index (κ2) is 9.38. The second-order valence-corrected chi connectivity index (χ2v) is 6.65. The second-order valence-electron chi connectivity index (χ2n) is 6.28. The van der Waals surface area contributed by atoms with Crippen LogP contribution in [-0.4, -0.2) is 17.6 Å². The number of aliphatic hydroxyl groups excluding tert-OH is 1. The van der Waals surface area contributed by atoms with Crippen molar-refractivity contribution < 1.29 is 5.11 Å². The van der Waals surface area contributed by atoms with Gasteiger partial charge in [0.25, 0.3) is 0 Å². The molecule has 26 heavy (non-hydrogen) atoms. The predicted molar refractivity (Wildman–Crippen MR) is 113 cm³/mol. The SMILES string of the molecule is ClCCc1ccc2ccccc2c1.OCCc1ccc2ccccc2c1. The number of aliphatic hydroxyl groups is 1. The highest BCUT2D eigenvalue weighted by atomic mass is 35.5. The average Bonchev–Trinajstić information content (AvgIpc) is 2.69. The van der Waals surface area contributed by atoms with E-state index in [-0.39, 0.29) is 6.61 Å². The van der Waals surface area contributed by atoms with Crippen LogP contribution in [-0.2, 0) is 12.8 Å². The number of hydrogen-bond acceptors (Lipinski definition) is 1. The van der Waals surface area contributed by atoms with Gasteiger partial charge in [0.05, 0.1) is 0 Å². The van der Waals surface area contributed by atoms with Crippen molar-refractivity contribution in [2.75, 3.05) is 12.5 Å². The zero-order valence-electron chi connectivity index (χ0n) is 14.7. The van der Waals surface area contributed by atoms with E-state index in [2.05, 4.69) is 72.8 Å². The monoisotopic (exact) mass is 362 g/mol. The van der Waals surface area contributed by atoms with Crippen molar-refractivity contribution in [3.63, 3.8) is 0 Å². The number of halogens is 1. The highest BCUT2D eigenvalue weighted by Gasteiger charge is 1.95. The lowest BCUT2D eigenvalue weighted by Gasteiger charge is -2.00. The molecule has 0 aliphatic rings. The van der Waals surface area contributed by atoms with Crippen molar-refractivity contribution >= 4 is 33.1 Å². The van der Waals surface area contributed by atoms with Crippen molar-refractivity contribution in [1.29, 1.82) is 0 Å². The van der Waals surface area contributed by atoms with Gasteiger partial charge >= 0.3 is 0 Å². The van der Waals surface area contributed by atoms with Gasteiger partial charge < -0.3 is 5.11 Å². The van der Waals surface area contributed by atoms with Gasteiger partial charge in [-0.2, -0.15) is 0 Å². The fourth-order valence-electron chi connectivity index (χ4n) is 3.03. The lowest BCUT2D eigenvalue weighted by molar-refractivity contribution is 0.299. The minimum atomic E-state index is 0.221. The Balaban J connectivity index is 0.000000151. The van der Waals surface area contributed by atoms with Crippen LogP contribution in [0.2, 0.25) is 0 Å². The smallest absolute Gasteiger partial charge is 0.0471 e. The Morgan fingerprint density at radius 1 is 0.577 bits per heavy atom. The molecule has 0 saturated heterocycles. The first-order valence-electron chi connectivity index (χ1n) is 8.92. The molecule has 0 saturated carbocycles. The molecule has 132 valence electrons. The summed E-state index contributed by atoms with van der Waals surface area (Å²) in [7, 11) is 0. The van der Waals surface area contributed by atoms with Gasteiger partial charge in [-0.3, -0.25) is 0 Å². The Morgan fingerprint density at radius 3 is 1.50 bits per heavy atom. The molecule has 0 aliphatic carbocycles. The van der Waals surface area contributed by atoms with E-state index in [4.69, 9.17) is 16.7 Å². The lowest BCUT2D eigenvalue weighted by Crippen LogP contribution is -1.89. The summed E-state index contributed by atoms with van der Waals surface area (Å²) in [5, 5.41) is 13.9. The molecule has 4 rings (SSSR count). The molecule has 0 atom stereocenters. The van der Waals surface area contributed by atoms with Crippen LogP contribution >= 0.6 is 11.6 Å². The predicted octanol–water partition coefficient (Wildman–Crippen LogP) is 6.00. The maximum atomic E-state index is 8.79. The van der Waals surface area contributed by atoms with Crippen molar-refractivity contribution in [2.45, 2.75) is 12.8 Å². The van der Waals surface area contributed by atoms with Crippen LogP contribution in [0, 0.1) is 0 Å². The van der Waals surface area contributed by atoms with E-state index < -0.39 is 0 Å². The van der Waals surface area contributed by atoms with E-state index in [1.54, 1.807) is 0 Å². The summed E-state index contributed by atoms with van der Waals surface area (Å²) < 4.78 is 0. The maximum Gasteiger partial charge on any atom is 0.0471 e. The molecule has 1 N–H and O–H groups in total.